The van der Waals surface area contributed by atoms with Gasteiger partial charge in [0.05, 0.1) is 6.54 Å². The highest BCUT2D eigenvalue weighted by atomic mass is 35.5. The van der Waals surface area contributed by atoms with Crippen molar-refractivity contribution < 1.29 is 19.1 Å². The first kappa shape index (κ1) is 27.0. The lowest BCUT2D eigenvalue weighted by Gasteiger charge is -2.41. The summed E-state index contributed by atoms with van der Waals surface area (Å²) in [5.41, 5.74) is 1.53. The number of rotatable bonds is 9. The highest BCUT2D eigenvalue weighted by Crippen LogP contribution is 2.29. The zero-order chi connectivity index (χ0) is 26.8. The van der Waals surface area contributed by atoms with Crippen LogP contribution in [0.5, 0.6) is 0 Å². The van der Waals surface area contributed by atoms with Gasteiger partial charge in [0.15, 0.2) is 0 Å². The monoisotopic (exact) mass is 534 g/mol. The number of benzene rings is 3. The summed E-state index contributed by atoms with van der Waals surface area (Å²) >= 11 is 6.16. The van der Waals surface area contributed by atoms with E-state index in [9.17, 15) is 14.4 Å². The number of hydrogen-bond acceptors (Lipinski definition) is 5. The molecule has 1 saturated heterocycles. The van der Waals surface area contributed by atoms with Crippen molar-refractivity contribution in [2.45, 2.75) is 31.5 Å². The Hall–Kier alpha value is -4.04. The lowest BCUT2D eigenvalue weighted by molar-refractivity contribution is -0.130. The number of nitrogens with one attached hydrogen (secondary N) is 3. The number of ether oxygens (including phenoxy) is 1. The van der Waals surface area contributed by atoms with Gasteiger partial charge in [-0.25, -0.2) is 4.79 Å². The summed E-state index contributed by atoms with van der Waals surface area (Å²) in [7, 11) is 0. The molecule has 9 heteroatoms. The SMILES string of the molecule is O=C(CNC(=O)C1(Nc2cccc(Cl)c2)CCN(C(=O)OCc2ccccc2)CC1)NCc1ccccc1. The van der Waals surface area contributed by atoms with Gasteiger partial charge in [-0.05, 0) is 42.2 Å². The van der Waals surface area contributed by atoms with E-state index in [1.54, 1.807) is 23.1 Å². The predicted molar refractivity (Wildman–Crippen MR) is 147 cm³/mol. The third-order valence-electron chi connectivity index (χ3n) is 6.47. The first-order chi connectivity index (χ1) is 18.4. The highest BCUT2D eigenvalue weighted by Gasteiger charge is 2.42. The maximum Gasteiger partial charge on any atom is 0.410 e. The smallest absolute Gasteiger partial charge is 0.410 e. The normalized spacial score (nSPS) is 14.3. The van der Waals surface area contributed by atoms with Crippen LogP contribution in [-0.2, 0) is 27.5 Å². The molecule has 0 radical (unpaired) electrons. The van der Waals surface area contributed by atoms with Crippen molar-refractivity contribution in [2.75, 3.05) is 25.0 Å². The fraction of sp³-hybridized carbons (Fsp3) is 0.276. The van der Waals surface area contributed by atoms with Crippen LogP contribution in [0.2, 0.25) is 5.02 Å². The molecule has 0 unspecified atom stereocenters. The maximum absolute atomic E-state index is 13.5. The van der Waals surface area contributed by atoms with Gasteiger partial charge in [0.2, 0.25) is 11.8 Å². The van der Waals surface area contributed by atoms with Crippen molar-refractivity contribution in [2.24, 2.45) is 0 Å². The minimum Gasteiger partial charge on any atom is -0.445 e. The predicted octanol–water partition coefficient (Wildman–Crippen LogP) is 4.36. The molecule has 0 bridgehead atoms. The zero-order valence-electron chi connectivity index (χ0n) is 21.0. The summed E-state index contributed by atoms with van der Waals surface area (Å²) in [5.74, 6) is -0.605. The Kier molecular flexibility index (Phi) is 9.21. The summed E-state index contributed by atoms with van der Waals surface area (Å²) in [4.78, 5) is 40.1. The largest absolute Gasteiger partial charge is 0.445 e. The van der Waals surface area contributed by atoms with E-state index in [-0.39, 0.29) is 25.0 Å². The van der Waals surface area contributed by atoms with E-state index in [0.29, 0.717) is 43.2 Å². The number of nitrogens with zero attached hydrogens (tertiary/aromatic N) is 1. The molecule has 0 aliphatic carbocycles. The van der Waals surface area contributed by atoms with Gasteiger partial charge < -0.3 is 25.6 Å². The fourth-order valence-electron chi connectivity index (χ4n) is 4.32. The van der Waals surface area contributed by atoms with E-state index >= 15 is 0 Å². The van der Waals surface area contributed by atoms with E-state index in [1.807, 2.05) is 66.7 Å². The van der Waals surface area contributed by atoms with Gasteiger partial charge in [-0.3, -0.25) is 9.59 Å². The van der Waals surface area contributed by atoms with Crippen LogP contribution in [0.25, 0.3) is 0 Å². The molecular weight excluding hydrogens is 504 g/mol. The van der Waals surface area contributed by atoms with E-state index in [0.717, 1.165) is 11.1 Å². The fourth-order valence-corrected chi connectivity index (χ4v) is 4.51. The van der Waals surface area contributed by atoms with Crippen LogP contribution in [0.15, 0.2) is 84.9 Å². The van der Waals surface area contributed by atoms with Gasteiger partial charge in [-0.15, -0.1) is 0 Å². The number of carbonyl (C=O) groups excluding carboxylic acids is 3. The standard InChI is InChI=1S/C29H31ClN4O4/c30-24-12-7-13-25(18-24)33-29(27(36)32-20-26(35)31-19-22-8-3-1-4-9-22)14-16-34(17-15-29)28(37)38-21-23-10-5-2-6-11-23/h1-13,18,33H,14-17,19-21H2,(H,31,35)(H,32,36). The topological polar surface area (TPSA) is 99.8 Å². The van der Waals surface area contributed by atoms with E-state index < -0.39 is 11.6 Å². The van der Waals surface area contributed by atoms with Crippen LogP contribution in [0.1, 0.15) is 24.0 Å². The van der Waals surface area contributed by atoms with Crippen LogP contribution < -0.4 is 16.0 Å². The van der Waals surface area contributed by atoms with Gasteiger partial charge >= 0.3 is 6.09 Å². The number of halogens is 1. The van der Waals surface area contributed by atoms with Crippen LogP contribution in [0.4, 0.5) is 10.5 Å². The molecule has 4 rings (SSSR count). The van der Waals surface area contributed by atoms with E-state index in [4.69, 9.17) is 16.3 Å². The second-order valence-corrected chi connectivity index (χ2v) is 9.63. The average molecular weight is 535 g/mol. The maximum atomic E-state index is 13.5. The number of carbonyl (C=O) groups is 3. The molecule has 1 heterocycles. The Morgan fingerprint density at radius 2 is 1.50 bits per heavy atom. The van der Waals surface area contributed by atoms with E-state index in [1.165, 1.54) is 0 Å². The molecule has 1 aliphatic rings. The summed E-state index contributed by atoms with van der Waals surface area (Å²) < 4.78 is 5.47. The van der Waals surface area contributed by atoms with Crippen LogP contribution >= 0.6 is 11.6 Å². The Balaban J connectivity index is 1.36. The second kappa shape index (κ2) is 13.0. The molecule has 1 fully saturated rings. The lowest BCUT2D eigenvalue weighted by Crippen LogP contribution is -2.59. The third-order valence-corrected chi connectivity index (χ3v) is 6.70. The van der Waals surface area contributed by atoms with Crippen molar-refractivity contribution in [1.82, 2.24) is 15.5 Å². The second-order valence-electron chi connectivity index (χ2n) is 9.19. The molecule has 38 heavy (non-hydrogen) atoms. The molecule has 1 aliphatic heterocycles. The van der Waals surface area contributed by atoms with Crippen molar-refractivity contribution >= 4 is 35.2 Å². The number of anilines is 1. The summed E-state index contributed by atoms with van der Waals surface area (Å²) in [6.45, 7) is 1.03. The third kappa shape index (κ3) is 7.49. The van der Waals surface area contributed by atoms with Crippen LogP contribution in [-0.4, -0.2) is 48.0 Å². The number of piperidine rings is 1. The molecule has 3 aromatic rings. The highest BCUT2D eigenvalue weighted by molar-refractivity contribution is 6.30. The lowest BCUT2D eigenvalue weighted by atomic mass is 9.86. The van der Waals surface area contributed by atoms with Gasteiger partial charge in [-0.2, -0.15) is 0 Å². The van der Waals surface area contributed by atoms with Crippen molar-refractivity contribution in [3.8, 4) is 0 Å². The Labute approximate surface area is 227 Å². The molecule has 0 spiro atoms. The minimum absolute atomic E-state index is 0.159. The minimum atomic E-state index is -1.03. The first-order valence-corrected chi connectivity index (χ1v) is 12.9. The molecule has 198 valence electrons. The average Bonchev–Trinajstić information content (AvgIpc) is 2.95. The van der Waals surface area contributed by atoms with Gasteiger partial charge in [0.25, 0.3) is 0 Å². The number of likely N-dealkylation sites (tertiary alicyclic amines) is 1. The molecule has 0 saturated carbocycles. The number of amides is 3. The van der Waals surface area contributed by atoms with Gasteiger partial charge in [0, 0.05) is 30.3 Å². The summed E-state index contributed by atoms with van der Waals surface area (Å²) in [5, 5.41) is 9.45. The molecular formula is C29H31ClN4O4. The Morgan fingerprint density at radius 3 is 2.16 bits per heavy atom. The van der Waals surface area contributed by atoms with Crippen LogP contribution in [0.3, 0.4) is 0 Å². The zero-order valence-corrected chi connectivity index (χ0v) is 21.7. The van der Waals surface area contributed by atoms with Crippen molar-refractivity contribution in [3.05, 3.63) is 101 Å². The molecule has 8 nitrogen and oxygen atoms in total. The van der Waals surface area contributed by atoms with Gasteiger partial charge in [0.1, 0.15) is 12.1 Å². The summed E-state index contributed by atoms with van der Waals surface area (Å²) in [6.07, 6.45) is 0.236. The molecule has 0 atom stereocenters. The molecule has 0 aromatic heterocycles. The van der Waals surface area contributed by atoms with Gasteiger partial charge in [-0.1, -0.05) is 78.3 Å². The summed E-state index contributed by atoms with van der Waals surface area (Å²) in [6, 6.07) is 26.1. The Bertz CT molecular complexity index is 1230. The van der Waals surface area contributed by atoms with Crippen molar-refractivity contribution in [1.29, 1.82) is 0 Å². The van der Waals surface area contributed by atoms with Crippen LogP contribution in [0, 0.1) is 0 Å². The molecule has 3 aromatic carbocycles. The Morgan fingerprint density at radius 1 is 0.842 bits per heavy atom. The van der Waals surface area contributed by atoms with E-state index in [2.05, 4.69) is 16.0 Å². The number of hydrogen-bond donors (Lipinski definition) is 3. The quantitative estimate of drug-likeness (QED) is 0.379. The molecule has 3 amide bonds. The first-order valence-electron chi connectivity index (χ1n) is 12.5. The molecule has 3 N–H and O–H groups in total. The van der Waals surface area contributed by atoms with Crippen molar-refractivity contribution in [3.63, 3.8) is 0 Å².